The Kier molecular flexibility index (Phi) is 5.47. The summed E-state index contributed by atoms with van der Waals surface area (Å²) < 4.78 is 0. The highest BCUT2D eigenvalue weighted by Crippen LogP contribution is 2.19. The molecule has 0 atom stereocenters. The topological polar surface area (TPSA) is 96.9 Å². The Bertz CT molecular complexity index is 698. The van der Waals surface area contributed by atoms with Gasteiger partial charge in [0.15, 0.2) is 5.13 Å². The molecule has 7 nitrogen and oxygen atoms in total. The van der Waals surface area contributed by atoms with Crippen molar-refractivity contribution in [2.75, 3.05) is 5.32 Å². The van der Waals surface area contributed by atoms with Crippen LogP contribution in [0.4, 0.5) is 5.13 Å². The normalized spacial score (nSPS) is 15.0. The molecule has 1 fully saturated rings. The second kappa shape index (κ2) is 7.96. The third-order valence-corrected chi connectivity index (χ3v) is 4.69. The summed E-state index contributed by atoms with van der Waals surface area (Å²) in [5.41, 5.74) is 0.882. The summed E-state index contributed by atoms with van der Waals surface area (Å²) >= 11 is 1.29. The molecule has 0 unspecified atom stereocenters. The van der Waals surface area contributed by atoms with Gasteiger partial charge in [-0.2, -0.15) is 0 Å². The third-order valence-electron chi connectivity index (χ3n) is 3.88. The maximum absolute atomic E-state index is 12.1. The Morgan fingerprint density at radius 3 is 2.79 bits per heavy atom. The van der Waals surface area contributed by atoms with Crippen molar-refractivity contribution in [3.63, 3.8) is 0 Å². The second-order valence-electron chi connectivity index (χ2n) is 5.77. The van der Waals surface area contributed by atoms with Crippen LogP contribution in [0.3, 0.4) is 0 Å². The van der Waals surface area contributed by atoms with Crippen LogP contribution in [0.1, 0.15) is 48.3 Å². The van der Waals surface area contributed by atoms with E-state index in [1.54, 1.807) is 5.38 Å². The highest BCUT2D eigenvalue weighted by Gasteiger charge is 2.17. The monoisotopic (exact) mass is 345 g/mol. The van der Waals surface area contributed by atoms with Gasteiger partial charge in [-0.15, -0.1) is 11.3 Å². The Labute approximate surface area is 143 Å². The predicted molar refractivity (Wildman–Crippen MR) is 90.8 cm³/mol. The molecule has 0 radical (unpaired) electrons. The minimum atomic E-state index is -0.365. The van der Waals surface area contributed by atoms with Gasteiger partial charge in [-0.05, 0) is 12.8 Å². The van der Waals surface area contributed by atoms with Gasteiger partial charge in [-0.25, -0.2) is 9.97 Å². The van der Waals surface area contributed by atoms with Crippen LogP contribution in [0.5, 0.6) is 0 Å². The van der Waals surface area contributed by atoms with E-state index >= 15 is 0 Å². The van der Waals surface area contributed by atoms with Crippen LogP contribution in [-0.4, -0.2) is 32.8 Å². The lowest BCUT2D eigenvalue weighted by Gasteiger charge is -2.22. The molecule has 1 aliphatic rings. The first-order valence-electron chi connectivity index (χ1n) is 8.02. The van der Waals surface area contributed by atoms with Gasteiger partial charge in [-0.1, -0.05) is 19.3 Å². The van der Waals surface area contributed by atoms with E-state index in [-0.39, 0.29) is 23.9 Å². The molecule has 0 saturated heterocycles. The van der Waals surface area contributed by atoms with Crippen LogP contribution in [-0.2, 0) is 11.2 Å². The number of carbonyl (C=O) groups excluding carboxylic acids is 2. The van der Waals surface area contributed by atoms with Crippen molar-refractivity contribution in [3.05, 3.63) is 35.4 Å². The highest BCUT2D eigenvalue weighted by atomic mass is 32.1. The Morgan fingerprint density at radius 1 is 1.21 bits per heavy atom. The minimum absolute atomic E-state index is 0.0148. The molecular weight excluding hydrogens is 326 g/mol. The Morgan fingerprint density at radius 2 is 2.04 bits per heavy atom. The smallest absolute Gasteiger partial charge is 0.277 e. The van der Waals surface area contributed by atoms with Gasteiger partial charge < -0.3 is 5.32 Å². The summed E-state index contributed by atoms with van der Waals surface area (Å²) in [6.07, 6.45) is 10.3. The fourth-order valence-corrected chi connectivity index (χ4v) is 3.42. The first-order chi connectivity index (χ1) is 11.7. The third kappa shape index (κ3) is 4.58. The number of nitrogens with one attached hydrogen (secondary N) is 2. The lowest BCUT2D eigenvalue weighted by Crippen LogP contribution is -2.37. The summed E-state index contributed by atoms with van der Waals surface area (Å²) in [5.74, 6) is -0.380. The van der Waals surface area contributed by atoms with Gasteiger partial charge in [-0.3, -0.25) is 19.9 Å². The lowest BCUT2D eigenvalue weighted by molar-refractivity contribution is -0.121. The summed E-state index contributed by atoms with van der Waals surface area (Å²) in [4.78, 5) is 36.1. The van der Waals surface area contributed by atoms with Crippen LogP contribution in [0.15, 0.2) is 24.0 Å². The van der Waals surface area contributed by atoms with Gasteiger partial charge in [0, 0.05) is 23.8 Å². The molecular formula is C16H19N5O2S. The standard InChI is InChI=1S/C16H19N5O2S/c22-14(19-11-4-2-1-3-5-11)8-12-10-24-16(20-12)21-15(23)13-9-17-6-7-18-13/h6-7,9-11H,1-5,8H2,(H,19,22)(H,20,21,23). The number of anilines is 1. The molecule has 2 N–H and O–H groups in total. The van der Waals surface area contributed by atoms with Crippen molar-refractivity contribution in [1.82, 2.24) is 20.3 Å². The highest BCUT2D eigenvalue weighted by molar-refractivity contribution is 7.14. The first-order valence-corrected chi connectivity index (χ1v) is 8.90. The van der Waals surface area contributed by atoms with E-state index < -0.39 is 0 Å². The number of amides is 2. The molecule has 2 aromatic heterocycles. The summed E-state index contributed by atoms with van der Waals surface area (Å²) in [7, 11) is 0. The van der Waals surface area contributed by atoms with E-state index in [4.69, 9.17) is 0 Å². The predicted octanol–water partition coefficient (Wildman–Crippen LogP) is 2.18. The summed E-state index contributed by atoms with van der Waals surface area (Å²) in [6, 6.07) is 0.292. The molecule has 2 heterocycles. The van der Waals surface area contributed by atoms with Crippen molar-refractivity contribution in [2.45, 2.75) is 44.6 Å². The average molecular weight is 345 g/mol. The van der Waals surface area contributed by atoms with Crippen molar-refractivity contribution in [3.8, 4) is 0 Å². The summed E-state index contributed by atoms with van der Waals surface area (Å²) in [5, 5.41) is 7.97. The molecule has 24 heavy (non-hydrogen) atoms. The SMILES string of the molecule is O=C(Cc1csc(NC(=O)c2cnccn2)n1)NC1CCCCC1. The quantitative estimate of drug-likeness (QED) is 0.866. The lowest BCUT2D eigenvalue weighted by atomic mass is 9.95. The van der Waals surface area contributed by atoms with Crippen LogP contribution in [0.25, 0.3) is 0 Å². The number of nitrogens with zero attached hydrogens (tertiary/aromatic N) is 3. The first kappa shape index (κ1) is 16.5. The molecule has 2 aromatic rings. The molecule has 0 bridgehead atoms. The second-order valence-corrected chi connectivity index (χ2v) is 6.63. The van der Waals surface area contributed by atoms with Gasteiger partial charge >= 0.3 is 0 Å². The fraction of sp³-hybridized carbons (Fsp3) is 0.438. The molecule has 126 valence electrons. The van der Waals surface area contributed by atoms with Crippen LogP contribution < -0.4 is 10.6 Å². The van der Waals surface area contributed by atoms with E-state index in [1.165, 1.54) is 49.2 Å². The van der Waals surface area contributed by atoms with E-state index in [2.05, 4.69) is 25.6 Å². The number of hydrogen-bond acceptors (Lipinski definition) is 6. The zero-order valence-corrected chi connectivity index (χ0v) is 14.0. The van der Waals surface area contributed by atoms with Crippen LogP contribution >= 0.6 is 11.3 Å². The van der Waals surface area contributed by atoms with Crippen molar-refractivity contribution < 1.29 is 9.59 Å². The zero-order valence-electron chi connectivity index (χ0n) is 13.2. The number of hydrogen-bond donors (Lipinski definition) is 2. The fourth-order valence-electron chi connectivity index (χ4n) is 2.71. The number of aromatic nitrogens is 3. The van der Waals surface area contributed by atoms with Gasteiger partial charge in [0.2, 0.25) is 5.91 Å². The molecule has 0 spiro atoms. The van der Waals surface area contributed by atoms with Gasteiger partial charge in [0.05, 0.1) is 18.3 Å². The molecule has 0 aliphatic heterocycles. The molecule has 1 saturated carbocycles. The van der Waals surface area contributed by atoms with E-state index in [0.29, 0.717) is 16.9 Å². The van der Waals surface area contributed by atoms with Gasteiger partial charge in [0.25, 0.3) is 5.91 Å². The molecule has 8 heteroatoms. The van der Waals surface area contributed by atoms with E-state index in [9.17, 15) is 9.59 Å². The van der Waals surface area contributed by atoms with Gasteiger partial charge in [0.1, 0.15) is 5.69 Å². The number of thiazole rings is 1. The Hall–Kier alpha value is -2.35. The molecule has 2 amide bonds. The van der Waals surface area contributed by atoms with Crippen molar-refractivity contribution >= 4 is 28.3 Å². The number of carbonyl (C=O) groups is 2. The van der Waals surface area contributed by atoms with Crippen LogP contribution in [0.2, 0.25) is 0 Å². The van der Waals surface area contributed by atoms with Crippen LogP contribution in [0, 0.1) is 0 Å². The molecule has 3 rings (SSSR count). The molecule has 0 aromatic carbocycles. The maximum Gasteiger partial charge on any atom is 0.277 e. The minimum Gasteiger partial charge on any atom is -0.353 e. The zero-order chi connectivity index (χ0) is 16.8. The largest absolute Gasteiger partial charge is 0.353 e. The van der Waals surface area contributed by atoms with Crippen molar-refractivity contribution in [1.29, 1.82) is 0 Å². The average Bonchev–Trinajstić information content (AvgIpc) is 3.03. The summed E-state index contributed by atoms with van der Waals surface area (Å²) in [6.45, 7) is 0. The molecule has 1 aliphatic carbocycles. The Balaban J connectivity index is 1.51. The van der Waals surface area contributed by atoms with E-state index in [0.717, 1.165) is 12.8 Å². The maximum atomic E-state index is 12.1. The number of rotatable bonds is 5. The van der Waals surface area contributed by atoms with Crippen molar-refractivity contribution in [2.24, 2.45) is 0 Å². The van der Waals surface area contributed by atoms with E-state index in [1.807, 2.05) is 0 Å².